The molecule has 3 saturated heterocycles. The molecule has 3 fully saturated rings. The highest BCUT2D eigenvalue weighted by atomic mass is 16.6. The zero-order valence-corrected chi connectivity index (χ0v) is 42.3. The third-order valence-electron chi connectivity index (χ3n) is 14.3. The number of imide groups is 1. The fourth-order valence-electron chi connectivity index (χ4n) is 10.4. The van der Waals surface area contributed by atoms with Gasteiger partial charge in [-0.1, -0.05) is 72.8 Å². The first-order valence-electron chi connectivity index (χ1n) is 25.4. The van der Waals surface area contributed by atoms with E-state index in [1.54, 1.807) is 38.8 Å². The average Bonchev–Trinajstić information content (AvgIpc) is 3.89. The number of nitrogens with one attached hydrogen (secondary N) is 4. The van der Waals surface area contributed by atoms with E-state index in [1.807, 2.05) is 78.9 Å². The van der Waals surface area contributed by atoms with E-state index in [0.29, 0.717) is 35.7 Å². The number of carbonyl (C=O) groups excluding carboxylic acids is 8. The highest BCUT2D eigenvalue weighted by Crippen LogP contribution is 2.31. The van der Waals surface area contributed by atoms with Crippen LogP contribution >= 0.6 is 0 Å². The molecule has 20 heteroatoms. The Hall–Kier alpha value is -7.61. The molecule has 0 radical (unpaired) electrons. The standard InChI is InChI=1S/C54H66N10O10/c1-54(2,3)74-52(72)57-39-31-62(46(67)32-61-26-23-33(24-27-61)29-34-15-18-40-43(30-34)60(4)53(73)64(40)42-20-22-45(66)58-50(42)70)28-25-37-16-19-41(63(37)51(39)71)49(69)56-38(17-21-44(55)65)48(68)59-47(35-11-7-5-8-12-35)36-13-9-6-10-14-36/h5-16,18,30,33,38-39,41-42,47H,17,19-29,31-32H2,1-4H3,(H2,55,65)(H,56,69)(H,57,72)(H,59,68)(H,58,66,70)/t38-,39-,41-,42?/m0/s1. The Kier molecular flexibility index (Phi) is 16.1. The molecule has 0 spiro atoms. The van der Waals surface area contributed by atoms with Crippen molar-refractivity contribution in [1.29, 1.82) is 0 Å². The first-order chi connectivity index (χ1) is 35.3. The van der Waals surface area contributed by atoms with Gasteiger partial charge >= 0.3 is 11.8 Å². The number of piperidine rings is 2. The predicted octanol–water partition coefficient (Wildman–Crippen LogP) is 2.84. The van der Waals surface area contributed by atoms with Gasteiger partial charge < -0.3 is 36.2 Å². The van der Waals surface area contributed by atoms with E-state index in [0.717, 1.165) is 36.0 Å². The van der Waals surface area contributed by atoms with Crippen molar-refractivity contribution in [3.8, 4) is 0 Å². The number of aromatic nitrogens is 2. The van der Waals surface area contributed by atoms with Crippen molar-refractivity contribution in [2.75, 3.05) is 32.7 Å². The lowest BCUT2D eigenvalue weighted by Crippen LogP contribution is -2.61. The zero-order chi connectivity index (χ0) is 52.8. The summed E-state index contributed by atoms with van der Waals surface area (Å²) in [6.45, 7) is 6.42. The molecule has 0 saturated carbocycles. The minimum absolute atomic E-state index is 0.0833. The average molecular weight is 1020 g/mol. The molecule has 8 rings (SSSR count). The van der Waals surface area contributed by atoms with Crippen molar-refractivity contribution >= 4 is 58.5 Å². The van der Waals surface area contributed by atoms with Crippen LogP contribution in [0.4, 0.5) is 4.79 Å². The molecule has 20 nitrogen and oxygen atoms in total. The van der Waals surface area contributed by atoms with Crippen molar-refractivity contribution in [2.45, 2.75) is 114 Å². The number of imidazole rings is 1. The van der Waals surface area contributed by atoms with Gasteiger partial charge in [0.15, 0.2) is 0 Å². The van der Waals surface area contributed by atoms with Crippen molar-refractivity contribution in [2.24, 2.45) is 18.7 Å². The molecule has 0 bridgehead atoms. The minimum atomic E-state index is -1.30. The van der Waals surface area contributed by atoms with Gasteiger partial charge in [-0.2, -0.15) is 0 Å². The van der Waals surface area contributed by atoms with E-state index in [9.17, 15) is 43.2 Å². The highest BCUT2D eigenvalue weighted by molar-refractivity contribution is 6.00. The van der Waals surface area contributed by atoms with Crippen LogP contribution in [0.25, 0.3) is 11.0 Å². The van der Waals surface area contributed by atoms with Crippen LogP contribution in [0.1, 0.15) is 101 Å². The van der Waals surface area contributed by atoms with Gasteiger partial charge in [-0.25, -0.2) is 9.59 Å². The Morgan fingerprint density at radius 2 is 1.51 bits per heavy atom. The minimum Gasteiger partial charge on any atom is -0.444 e. The van der Waals surface area contributed by atoms with Gasteiger partial charge in [-0.15, -0.1) is 0 Å². The first kappa shape index (κ1) is 52.7. The Morgan fingerprint density at radius 3 is 2.15 bits per heavy atom. The number of benzene rings is 3. The summed E-state index contributed by atoms with van der Waals surface area (Å²) in [6.07, 6.45) is 3.67. The number of fused-ring (bicyclic) bond motifs is 2. The Morgan fingerprint density at radius 1 is 0.838 bits per heavy atom. The molecule has 0 aliphatic carbocycles. The van der Waals surface area contributed by atoms with Crippen LogP contribution in [-0.4, -0.2) is 128 Å². The van der Waals surface area contributed by atoms with Crippen LogP contribution in [0.5, 0.6) is 0 Å². The number of amides is 8. The molecule has 4 atom stereocenters. The summed E-state index contributed by atoms with van der Waals surface area (Å²) in [5, 5.41) is 10.9. The summed E-state index contributed by atoms with van der Waals surface area (Å²) >= 11 is 0. The third kappa shape index (κ3) is 12.4. The summed E-state index contributed by atoms with van der Waals surface area (Å²) in [5.41, 5.74) is 8.73. The molecule has 3 aromatic carbocycles. The molecule has 392 valence electrons. The number of alkyl carbamates (subject to hydrolysis) is 1. The number of rotatable bonds is 15. The second-order valence-corrected chi connectivity index (χ2v) is 20.7. The van der Waals surface area contributed by atoms with Crippen LogP contribution in [0, 0.1) is 5.92 Å². The van der Waals surface area contributed by atoms with Crippen LogP contribution in [0.2, 0.25) is 0 Å². The molecule has 4 aliphatic rings. The van der Waals surface area contributed by atoms with Crippen LogP contribution in [-0.2, 0) is 51.8 Å². The maximum absolute atomic E-state index is 14.7. The maximum Gasteiger partial charge on any atom is 0.408 e. The summed E-state index contributed by atoms with van der Waals surface area (Å²) < 4.78 is 8.55. The van der Waals surface area contributed by atoms with Crippen molar-refractivity contribution in [3.05, 3.63) is 118 Å². The number of likely N-dealkylation sites (tertiary alicyclic amines) is 1. The van der Waals surface area contributed by atoms with Gasteiger partial charge in [-0.05, 0) is 107 Å². The predicted molar refractivity (Wildman–Crippen MR) is 272 cm³/mol. The summed E-state index contributed by atoms with van der Waals surface area (Å²) in [7, 11) is 1.67. The normalized spacial score (nSPS) is 20.3. The molecule has 1 aromatic heterocycles. The third-order valence-corrected chi connectivity index (χ3v) is 14.3. The molecule has 8 amide bonds. The number of primary amides is 1. The fourth-order valence-corrected chi connectivity index (χ4v) is 10.4. The van der Waals surface area contributed by atoms with E-state index in [-0.39, 0.29) is 75.7 Å². The zero-order valence-electron chi connectivity index (χ0n) is 42.3. The number of carbonyl (C=O) groups is 8. The number of aryl methyl sites for hydroxylation is 1. The van der Waals surface area contributed by atoms with Crippen molar-refractivity contribution in [1.82, 2.24) is 45.1 Å². The summed E-state index contributed by atoms with van der Waals surface area (Å²) in [5.74, 6) is -3.25. The van der Waals surface area contributed by atoms with Gasteiger partial charge in [0.2, 0.25) is 35.4 Å². The van der Waals surface area contributed by atoms with E-state index < -0.39 is 71.4 Å². The summed E-state index contributed by atoms with van der Waals surface area (Å²) in [6, 6.07) is 19.5. The largest absolute Gasteiger partial charge is 0.444 e. The summed E-state index contributed by atoms with van der Waals surface area (Å²) in [4.78, 5) is 126. The lowest BCUT2D eigenvalue weighted by Gasteiger charge is -2.38. The molecule has 4 aliphatic heterocycles. The SMILES string of the molecule is Cn1c(=O)n(C2CCC(=O)NC2=O)c2ccc(CC3CCN(CC(=O)N4CCC5=CC[C@@H](C(=O)N[C@@H](CCC(N)=O)C(=O)NC(c6ccccc6)c6ccccc6)N5C(=O)[C@@H](NC(=O)OC(C)(C)C)C4)CC3)cc21. The Labute approximate surface area is 429 Å². The monoisotopic (exact) mass is 1010 g/mol. The number of hydrogen-bond acceptors (Lipinski definition) is 11. The van der Waals surface area contributed by atoms with Gasteiger partial charge in [0.25, 0.3) is 5.91 Å². The second kappa shape index (κ2) is 22.7. The molecular weight excluding hydrogens is 949 g/mol. The van der Waals surface area contributed by atoms with Gasteiger partial charge in [-0.3, -0.25) is 52.9 Å². The fraction of sp³-hybridized carbons (Fsp3) is 0.463. The molecular formula is C54H66N10O10. The van der Waals surface area contributed by atoms with E-state index in [2.05, 4.69) is 26.2 Å². The highest BCUT2D eigenvalue weighted by Gasteiger charge is 2.44. The van der Waals surface area contributed by atoms with E-state index >= 15 is 0 Å². The van der Waals surface area contributed by atoms with E-state index in [4.69, 9.17) is 10.5 Å². The van der Waals surface area contributed by atoms with Gasteiger partial charge in [0.05, 0.1) is 30.2 Å². The second-order valence-electron chi connectivity index (χ2n) is 20.7. The molecule has 6 N–H and O–H groups in total. The van der Waals surface area contributed by atoms with E-state index in [1.165, 1.54) is 14.0 Å². The molecule has 4 aromatic rings. The topological polar surface area (TPSA) is 257 Å². The number of hydrogen-bond donors (Lipinski definition) is 5. The lowest BCUT2D eigenvalue weighted by atomic mass is 9.90. The molecule has 74 heavy (non-hydrogen) atoms. The number of nitrogens with zero attached hydrogens (tertiary/aromatic N) is 5. The quantitative estimate of drug-likeness (QED) is 0.108. The Balaban J connectivity index is 0.919. The van der Waals surface area contributed by atoms with Gasteiger partial charge in [0.1, 0.15) is 29.8 Å². The number of ether oxygens (including phenoxy) is 1. The van der Waals surface area contributed by atoms with Crippen LogP contribution in [0.3, 0.4) is 0 Å². The maximum atomic E-state index is 14.7. The first-order valence-corrected chi connectivity index (χ1v) is 25.4. The van der Waals surface area contributed by atoms with Crippen molar-refractivity contribution < 1.29 is 43.1 Å². The molecule has 1 unspecified atom stereocenters. The van der Waals surface area contributed by atoms with Crippen LogP contribution in [0.15, 0.2) is 95.4 Å². The lowest BCUT2D eigenvalue weighted by molar-refractivity contribution is -0.143. The van der Waals surface area contributed by atoms with Crippen molar-refractivity contribution in [3.63, 3.8) is 0 Å². The van der Waals surface area contributed by atoms with Crippen LogP contribution < -0.4 is 32.7 Å². The smallest absolute Gasteiger partial charge is 0.408 e. The number of nitrogens with two attached hydrogens (primary N) is 1. The Bertz CT molecular complexity index is 2840. The molecule has 5 heterocycles. The van der Waals surface area contributed by atoms with Gasteiger partial charge in [0, 0.05) is 38.6 Å².